The molecule has 0 rings (SSSR count). The van der Waals surface area contributed by atoms with Gasteiger partial charge in [-0.25, -0.2) is 0 Å². The zero-order valence-electron chi connectivity index (χ0n) is 41.1. The molecule has 0 heterocycles. The molecule has 0 radical (unpaired) electrons. The number of carbonyl (C=O) groups excluding carboxylic acids is 3. The molecule has 0 aromatic rings. The number of unbranched alkanes of at least 4 members (excludes halogenated alkanes) is 24. The maximum atomic E-state index is 12.8. The summed E-state index contributed by atoms with van der Waals surface area (Å²) in [5.74, 6) is -0.978. The maximum absolute atomic E-state index is 12.8. The van der Waals surface area contributed by atoms with Crippen molar-refractivity contribution in [3.05, 3.63) is 85.1 Å². The lowest BCUT2D eigenvalue weighted by Crippen LogP contribution is -2.30. The average Bonchev–Trinajstić information content (AvgIpc) is 3.28. The minimum atomic E-state index is -0.804. The first-order valence-electron chi connectivity index (χ1n) is 26.1. The molecule has 63 heavy (non-hydrogen) atoms. The zero-order chi connectivity index (χ0) is 45.8. The summed E-state index contributed by atoms with van der Waals surface area (Å²) < 4.78 is 16.7. The average molecular weight is 877 g/mol. The predicted octanol–water partition coefficient (Wildman–Crippen LogP) is 17.2. The molecule has 0 fully saturated rings. The van der Waals surface area contributed by atoms with Gasteiger partial charge in [0.1, 0.15) is 13.2 Å². The third kappa shape index (κ3) is 49.5. The van der Waals surface area contributed by atoms with Crippen LogP contribution in [-0.2, 0) is 28.6 Å². The molecule has 0 aliphatic carbocycles. The quantitative estimate of drug-likeness (QED) is 0.0199. The highest BCUT2D eigenvalue weighted by Crippen LogP contribution is 2.15. The molecule has 1 atom stereocenters. The summed E-state index contributed by atoms with van der Waals surface area (Å²) in [4.78, 5) is 37.9. The van der Waals surface area contributed by atoms with Crippen LogP contribution in [0.25, 0.3) is 0 Å². The van der Waals surface area contributed by atoms with Gasteiger partial charge in [0.25, 0.3) is 0 Å². The monoisotopic (exact) mass is 877 g/mol. The summed E-state index contributed by atoms with van der Waals surface area (Å²) >= 11 is 0. The number of rotatable bonds is 46. The van der Waals surface area contributed by atoms with Crippen LogP contribution in [-0.4, -0.2) is 37.2 Å². The van der Waals surface area contributed by atoms with Gasteiger partial charge in [-0.15, -0.1) is 0 Å². The van der Waals surface area contributed by atoms with E-state index >= 15 is 0 Å². The number of hydrogen-bond acceptors (Lipinski definition) is 6. The molecule has 0 saturated carbocycles. The predicted molar refractivity (Wildman–Crippen MR) is 270 cm³/mol. The molecule has 0 saturated heterocycles. The highest BCUT2D eigenvalue weighted by molar-refractivity contribution is 5.71. The maximum Gasteiger partial charge on any atom is 0.306 e. The fourth-order valence-corrected chi connectivity index (χ4v) is 7.07. The summed E-state index contributed by atoms with van der Waals surface area (Å²) in [5, 5.41) is 0. The van der Waals surface area contributed by atoms with Crippen LogP contribution in [0.1, 0.15) is 239 Å². The lowest BCUT2D eigenvalue weighted by atomic mass is 10.0. The molecule has 0 bridgehead atoms. The minimum absolute atomic E-state index is 0.104. The molecule has 360 valence electrons. The van der Waals surface area contributed by atoms with E-state index in [1.807, 2.05) is 0 Å². The van der Waals surface area contributed by atoms with Crippen molar-refractivity contribution in [1.82, 2.24) is 0 Å². The van der Waals surface area contributed by atoms with Crippen LogP contribution < -0.4 is 0 Å². The largest absolute Gasteiger partial charge is 0.462 e. The van der Waals surface area contributed by atoms with Crippen molar-refractivity contribution in [3.63, 3.8) is 0 Å². The van der Waals surface area contributed by atoms with Crippen LogP contribution in [0.5, 0.6) is 0 Å². The normalized spacial score (nSPS) is 12.7. The van der Waals surface area contributed by atoms with E-state index < -0.39 is 6.10 Å². The van der Waals surface area contributed by atoms with Crippen LogP contribution in [0.4, 0.5) is 0 Å². The second-order valence-corrected chi connectivity index (χ2v) is 17.1. The summed E-state index contributed by atoms with van der Waals surface area (Å²) in [6.45, 7) is 6.42. The van der Waals surface area contributed by atoms with Gasteiger partial charge in [-0.1, -0.05) is 234 Å². The Morgan fingerprint density at radius 3 is 1.19 bits per heavy atom. The smallest absolute Gasteiger partial charge is 0.306 e. The highest BCUT2D eigenvalue weighted by Gasteiger charge is 2.19. The first kappa shape index (κ1) is 59.6. The Morgan fingerprint density at radius 2 is 0.698 bits per heavy atom. The SMILES string of the molecule is CC/C=C\C/C=C\C/C=C\CCCC(=O)OCC(COC(=O)CCCCCCC\C=C/C=C\C=C/C=C\CCCCC)OC(=O)CCCCCCCCCCCCCCCCCC. The number of esters is 3. The van der Waals surface area contributed by atoms with E-state index in [-0.39, 0.29) is 37.5 Å². The molecule has 0 spiro atoms. The molecule has 0 aromatic carbocycles. The van der Waals surface area contributed by atoms with Gasteiger partial charge in [-0.3, -0.25) is 14.4 Å². The van der Waals surface area contributed by atoms with Gasteiger partial charge < -0.3 is 14.2 Å². The highest BCUT2D eigenvalue weighted by atomic mass is 16.6. The molecule has 0 aliphatic heterocycles. The lowest BCUT2D eigenvalue weighted by Gasteiger charge is -2.18. The minimum Gasteiger partial charge on any atom is -0.462 e. The third-order valence-electron chi connectivity index (χ3n) is 11.0. The molecular formula is C57H96O6. The zero-order valence-corrected chi connectivity index (χ0v) is 41.1. The van der Waals surface area contributed by atoms with Crippen LogP contribution in [0.2, 0.25) is 0 Å². The van der Waals surface area contributed by atoms with Crippen molar-refractivity contribution >= 4 is 17.9 Å². The van der Waals surface area contributed by atoms with Gasteiger partial charge in [0.05, 0.1) is 0 Å². The van der Waals surface area contributed by atoms with Crippen LogP contribution >= 0.6 is 0 Å². The van der Waals surface area contributed by atoms with Crippen molar-refractivity contribution in [1.29, 1.82) is 0 Å². The van der Waals surface area contributed by atoms with Crippen molar-refractivity contribution in [2.75, 3.05) is 13.2 Å². The van der Waals surface area contributed by atoms with Gasteiger partial charge in [-0.05, 0) is 70.6 Å². The molecule has 0 N–H and O–H groups in total. The first-order valence-corrected chi connectivity index (χ1v) is 26.1. The van der Waals surface area contributed by atoms with Crippen molar-refractivity contribution in [2.24, 2.45) is 0 Å². The summed E-state index contributed by atoms with van der Waals surface area (Å²) in [7, 11) is 0. The fraction of sp³-hybridized carbons (Fsp3) is 0.702. The standard InChI is InChI=1S/C57H96O6/c1-4-7-10-13-16-19-22-24-26-28-29-31-32-35-38-41-44-47-50-56(59)62-53-54(52-61-55(58)49-46-43-40-37-34-21-18-15-12-9-6-3)63-57(60)51-48-45-42-39-36-33-30-27-25-23-20-17-14-11-8-5-2/h9,12,16,18-19,21-22,24,26,28-29,31,37,40,54H,4-8,10-11,13-15,17,20,23,25,27,30,32-36,38-39,41-53H2,1-3H3/b12-9-,19-16-,21-18-,24-22-,28-26-,31-29-,40-37-. The van der Waals surface area contributed by atoms with Crippen LogP contribution in [0.3, 0.4) is 0 Å². The van der Waals surface area contributed by atoms with Crippen LogP contribution in [0.15, 0.2) is 85.1 Å². The van der Waals surface area contributed by atoms with Crippen molar-refractivity contribution in [2.45, 2.75) is 245 Å². The molecule has 6 nitrogen and oxygen atoms in total. The number of carbonyl (C=O) groups is 3. The summed E-state index contributed by atoms with van der Waals surface area (Å²) in [5.41, 5.74) is 0. The third-order valence-corrected chi connectivity index (χ3v) is 11.0. The molecule has 0 amide bonds. The Bertz CT molecular complexity index is 1240. The van der Waals surface area contributed by atoms with Crippen molar-refractivity contribution < 1.29 is 28.6 Å². The second kappa shape index (κ2) is 51.2. The van der Waals surface area contributed by atoms with Gasteiger partial charge in [-0.2, -0.15) is 0 Å². The van der Waals surface area contributed by atoms with E-state index in [0.29, 0.717) is 19.3 Å². The summed E-state index contributed by atoms with van der Waals surface area (Å²) in [6.07, 6.45) is 65.7. The number of hydrogen-bond donors (Lipinski definition) is 0. The Morgan fingerprint density at radius 1 is 0.349 bits per heavy atom. The van der Waals surface area contributed by atoms with E-state index in [1.165, 1.54) is 103 Å². The molecule has 6 heteroatoms. The van der Waals surface area contributed by atoms with E-state index in [4.69, 9.17) is 14.2 Å². The lowest BCUT2D eigenvalue weighted by molar-refractivity contribution is -0.167. The Kier molecular flexibility index (Phi) is 48.5. The van der Waals surface area contributed by atoms with Gasteiger partial charge >= 0.3 is 17.9 Å². The van der Waals surface area contributed by atoms with E-state index in [1.54, 1.807) is 0 Å². The molecule has 1 unspecified atom stereocenters. The summed E-state index contributed by atoms with van der Waals surface area (Å²) in [6, 6.07) is 0. The van der Waals surface area contributed by atoms with Gasteiger partial charge in [0, 0.05) is 19.3 Å². The van der Waals surface area contributed by atoms with E-state index in [0.717, 1.165) is 89.9 Å². The molecule has 0 aromatic heterocycles. The van der Waals surface area contributed by atoms with E-state index in [2.05, 4.69) is 106 Å². The first-order chi connectivity index (χ1) is 31.0. The van der Waals surface area contributed by atoms with E-state index in [9.17, 15) is 14.4 Å². The van der Waals surface area contributed by atoms with Gasteiger partial charge in [0.15, 0.2) is 6.10 Å². The van der Waals surface area contributed by atoms with Gasteiger partial charge in [0.2, 0.25) is 0 Å². The fourth-order valence-electron chi connectivity index (χ4n) is 7.07. The van der Waals surface area contributed by atoms with Crippen LogP contribution in [0, 0.1) is 0 Å². The molecule has 0 aliphatic rings. The number of ether oxygens (including phenoxy) is 3. The second-order valence-electron chi connectivity index (χ2n) is 17.1. The Hall–Kier alpha value is -3.41. The topological polar surface area (TPSA) is 78.9 Å². The number of allylic oxidation sites excluding steroid dienone is 14. The Balaban J connectivity index is 4.44. The Labute approximate surface area is 388 Å². The van der Waals surface area contributed by atoms with Crippen molar-refractivity contribution in [3.8, 4) is 0 Å². The molecular weight excluding hydrogens is 781 g/mol.